The Morgan fingerprint density at radius 2 is 1.86 bits per heavy atom. The summed E-state index contributed by atoms with van der Waals surface area (Å²) in [7, 11) is 0. The van der Waals surface area contributed by atoms with Crippen LogP contribution in [0, 0.1) is 11.8 Å². The molecule has 0 radical (unpaired) electrons. The number of nitrogens with zero attached hydrogens (tertiary/aromatic N) is 3. The minimum Gasteiger partial charge on any atom is -0.357 e. The lowest BCUT2D eigenvalue weighted by atomic mass is 9.83. The second-order valence-corrected chi connectivity index (χ2v) is 10.9. The van der Waals surface area contributed by atoms with Gasteiger partial charge in [0.2, 0.25) is 5.91 Å². The third kappa shape index (κ3) is 3.88. The first kappa shape index (κ1) is 22.9. The molecule has 8 heteroatoms. The highest BCUT2D eigenvalue weighted by Gasteiger charge is 2.38. The summed E-state index contributed by atoms with van der Waals surface area (Å²) >= 11 is 0. The van der Waals surface area contributed by atoms with Crippen molar-refractivity contribution in [2.75, 3.05) is 19.6 Å². The van der Waals surface area contributed by atoms with Crippen LogP contribution < -0.4 is 10.9 Å². The van der Waals surface area contributed by atoms with Crippen LogP contribution in [0.25, 0.3) is 10.9 Å². The molecule has 3 unspecified atom stereocenters. The second kappa shape index (κ2) is 8.84. The van der Waals surface area contributed by atoms with Gasteiger partial charge in [-0.15, -0.1) is 0 Å². The van der Waals surface area contributed by atoms with Crippen LogP contribution >= 0.6 is 0 Å². The number of rotatable bonds is 3. The first-order chi connectivity index (χ1) is 17.4. The van der Waals surface area contributed by atoms with Gasteiger partial charge in [0.05, 0.1) is 6.54 Å². The van der Waals surface area contributed by atoms with E-state index in [1.165, 1.54) is 10.9 Å². The zero-order chi connectivity index (χ0) is 25.0. The molecule has 3 aliphatic heterocycles. The summed E-state index contributed by atoms with van der Waals surface area (Å²) in [5.41, 5.74) is 4.52. The lowest BCUT2D eigenvalue weighted by molar-refractivity contribution is -0.135. The highest BCUT2D eigenvalue weighted by atomic mass is 16.2. The molecule has 6 rings (SSSR count). The smallest absolute Gasteiger partial charge is 0.318 e. The Morgan fingerprint density at radius 1 is 1.03 bits per heavy atom. The van der Waals surface area contributed by atoms with E-state index in [1.807, 2.05) is 46.4 Å². The number of aromatic nitrogens is 2. The first-order valence-corrected chi connectivity index (χ1v) is 13.0. The lowest BCUT2D eigenvalue weighted by Gasteiger charge is -2.43. The molecular weight excluding hydrogens is 454 g/mol. The summed E-state index contributed by atoms with van der Waals surface area (Å²) < 4.78 is 1.86. The topological polar surface area (TPSA) is 90.4 Å². The Bertz CT molecular complexity index is 1390. The molecular formula is C28H33N5O3. The third-order valence-corrected chi connectivity index (χ3v) is 8.17. The fourth-order valence-corrected chi connectivity index (χ4v) is 6.38. The molecule has 36 heavy (non-hydrogen) atoms. The number of amides is 3. The fraction of sp³-hybridized carbons (Fsp3) is 0.464. The van der Waals surface area contributed by atoms with Crippen molar-refractivity contribution in [2.45, 2.75) is 51.7 Å². The molecule has 2 bridgehead atoms. The molecule has 1 saturated heterocycles. The number of para-hydroxylation sites is 1. The van der Waals surface area contributed by atoms with Crippen LogP contribution in [-0.4, -0.2) is 57.0 Å². The van der Waals surface area contributed by atoms with Gasteiger partial charge in [-0.1, -0.05) is 38.1 Å². The largest absolute Gasteiger partial charge is 0.357 e. The first-order valence-electron chi connectivity index (χ1n) is 13.0. The van der Waals surface area contributed by atoms with Crippen molar-refractivity contribution in [3.8, 4) is 0 Å². The van der Waals surface area contributed by atoms with Crippen molar-refractivity contribution in [3.63, 3.8) is 0 Å². The van der Waals surface area contributed by atoms with Gasteiger partial charge in [0.1, 0.15) is 6.04 Å². The number of H-pyrrole nitrogens is 1. The predicted octanol–water partition coefficient (Wildman–Crippen LogP) is 3.07. The molecule has 2 N–H and O–H groups in total. The number of aromatic amines is 1. The number of nitrogens with one attached hydrogen (secondary N) is 2. The van der Waals surface area contributed by atoms with Crippen molar-refractivity contribution in [3.05, 3.63) is 69.8 Å². The Hall–Kier alpha value is -3.55. The van der Waals surface area contributed by atoms with Gasteiger partial charge in [0.25, 0.3) is 5.56 Å². The minimum atomic E-state index is -0.583. The number of urea groups is 1. The van der Waals surface area contributed by atoms with Crippen LogP contribution in [0.1, 0.15) is 43.1 Å². The number of carbonyl (C=O) groups excluding carboxylic acids is 2. The summed E-state index contributed by atoms with van der Waals surface area (Å²) in [4.78, 5) is 46.5. The van der Waals surface area contributed by atoms with Crippen LogP contribution in [0.15, 0.2) is 47.3 Å². The monoisotopic (exact) mass is 487 g/mol. The molecule has 2 aromatic heterocycles. The molecule has 3 amide bonds. The number of carbonyl (C=O) groups is 2. The Balaban J connectivity index is 1.16. The summed E-state index contributed by atoms with van der Waals surface area (Å²) in [6, 6.07) is 12.9. The standard InChI is InChI=1S/C28H33N5O3/c1-17(2)26(27(35)31-11-10-21-20-6-3-4-7-22(20)29-23(21)16-31)30-28(36)32-13-18-12-19(15-32)24-8-5-9-25(34)33(24)14-18/h3-9,17-19,26,29H,10-16H2,1-2H3,(H,30,36). The molecule has 0 saturated carbocycles. The van der Waals surface area contributed by atoms with E-state index in [4.69, 9.17) is 0 Å². The van der Waals surface area contributed by atoms with Crippen LogP contribution in [0.2, 0.25) is 0 Å². The van der Waals surface area contributed by atoms with E-state index in [2.05, 4.69) is 22.4 Å². The number of likely N-dealkylation sites (tertiary alicyclic amines) is 1. The summed E-state index contributed by atoms with van der Waals surface area (Å²) in [6.07, 6.45) is 1.79. The van der Waals surface area contributed by atoms with Crippen LogP contribution in [-0.2, 0) is 24.3 Å². The van der Waals surface area contributed by atoms with Crippen LogP contribution in [0.4, 0.5) is 4.79 Å². The maximum Gasteiger partial charge on any atom is 0.318 e. The maximum absolute atomic E-state index is 13.6. The molecule has 3 atom stereocenters. The summed E-state index contributed by atoms with van der Waals surface area (Å²) in [6.45, 7) is 6.94. The highest BCUT2D eigenvalue weighted by Crippen LogP contribution is 2.35. The average Bonchev–Trinajstić information content (AvgIpc) is 3.25. The van der Waals surface area contributed by atoms with E-state index in [-0.39, 0.29) is 35.3 Å². The van der Waals surface area contributed by atoms with E-state index < -0.39 is 6.04 Å². The molecule has 0 spiro atoms. The van der Waals surface area contributed by atoms with Crippen molar-refractivity contribution < 1.29 is 9.59 Å². The fourth-order valence-electron chi connectivity index (χ4n) is 6.38. The SMILES string of the molecule is CC(C)C(NC(=O)N1CC2CC(C1)c1cccc(=O)n1C2)C(=O)N1CCc2c([nH]c3ccccc23)C1. The van der Waals surface area contributed by atoms with Crippen LogP contribution in [0.5, 0.6) is 0 Å². The summed E-state index contributed by atoms with van der Waals surface area (Å²) in [5.74, 6) is 0.330. The molecule has 3 aromatic rings. The van der Waals surface area contributed by atoms with Gasteiger partial charge in [-0.2, -0.15) is 0 Å². The van der Waals surface area contributed by atoms with E-state index in [0.717, 1.165) is 29.7 Å². The van der Waals surface area contributed by atoms with Gasteiger partial charge < -0.3 is 24.7 Å². The molecule has 3 aliphatic rings. The van der Waals surface area contributed by atoms with Crippen molar-refractivity contribution in [1.82, 2.24) is 24.7 Å². The molecule has 1 aromatic carbocycles. The number of fused-ring (bicyclic) bond motifs is 7. The van der Waals surface area contributed by atoms with E-state index in [0.29, 0.717) is 32.7 Å². The Kier molecular flexibility index (Phi) is 5.62. The predicted molar refractivity (Wildman–Crippen MR) is 138 cm³/mol. The average molecular weight is 488 g/mol. The van der Waals surface area contributed by atoms with Gasteiger partial charge >= 0.3 is 6.03 Å². The number of benzene rings is 1. The lowest BCUT2D eigenvalue weighted by Crippen LogP contribution is -2.57. The van der Waals surface area contributed by atoms with Gasteiger partial charge in [0.15, 0.2) is 0 Å². The molecule has 8 nitrogen and oxygen atoms in total. The number of piperidine rings is 1. The van der Waals surface area contributed by atoms with Gasteiger partial charge in [0, 0.05) is 60.5 Å². The van der Waals surface area contributed by atoms with E-state index in [9.17, 15) is 14.4 Å². The van der Waals surface area contributed by atoms with Crippen molar-refractivity contribution in [1.29, 1.82) is 0 Å². The third-order valence-electron chi connectivity index (χ3n) is 8.17. The zero-order valence-electron chi connectivity index (χ0n) is 20.9. The Morgan fingerprint density at radius 3 is 2.69 bits per heavy atom. The Labute approximate surface area is 210 Å². The van der Waals surface area contributed by atoms with Gasteiger partial charge in [-0.05, 0) is 42.4 Å². The minimum absolute atomic E-state index is 0.0308. The number of pyridine rings is 1. The van der Waals surface area contributed by atoms with E-state index in [1.54, 1.807) is 12.1 Å². The molecule has 188 valence electrons. The quantitative estimate of drug-likeness (QED) is 0.595. The van der Waals surface area contributed by atoms with Crippen molar-refractivity contribution >= 4 is 22.8 Å². The second-order valence-electron chi connectivity index (χ2n) is 10.9. The maximum atomic E-state index is 13.6. The highest BCUT2D eigenvalue weighted by molar-refractivity contribution is 5.89. The molecule has 5 heterocycles. The zero-order valence-corrected chi connectivity index (χ0v) is 20.9. The van der Waals surface area contributed by atoms with Crippen LogP contribution in [0.3, 0.4) is 0 Å². The van der Waals surface area contributed by atoms with Gasteiger partial charge in [-0.25, -0.2) is 4.79 Å². The normalized spacial score (nSPS) is 21.8. The summed E-state index contributed by atoms with van der Waals surface area (Å²) in [5, 5.41) is 4.30. The molecule has 1 fully saturated rings. The van der Waals surface area contributed by atoms with Gasteiger partial charge in [-0.3, -0.25) is 9.59 Å². The number of hydrogen-bond acceptors (Lipinski definition) is 3. The molecule has 0 aliphatic carbocycles. The van der Waals surface area contributed by atoms with E-state index >= 15 is 0 Å². The number of hydrogen-bond donors (Lipinski definition) is 2. The van der Waals surface area contributed by atoms with Crippen molar-refractivity contribution in [2.24, 2.45) is 11.8 Å².